The second kappa shape index (κ2) is 6.45. The quantitative estimate of drug-likeness (QED) is 0.840. The molecule has 0 bridgehead atoms. The molecule has 0 saturated heterocycles. The molecule has 1 heterocycles. The van der Waals surface area contributed by atoms with E-state index >= 15 is 0 Å². The van der Waals surface area contributed by atoms with Gasteiger partial charge < -0.3 is 10.4 Å². The number of halogens is 5. The van der Waals surface area contributed by atoms with Crippen molar-refractivity contribution >= 4 is 17.5 Å². The Morgan fingerprint density at radius 2 is 2.00 bits per heavy atom. The molecule has 118 valence electrons. The van der Waals surface area contributed by atoms with Crippen LogP contribution in [0.25, 0.3) is 0 Å². The molecule has 0 saturated carbocycles. The molecule has 0 amide bonds. The molecule has 0 aliphatic heterocycles. The number of benzene rings is 1. The smallest absolute Gasteiger partial charge is 0.387 e. The van der Waals surface area contributed by atoms with E-state index in [0.717, 1.165) is 18.3 Å². The third-order valence-corrected chi connectivity index (χ3v) is 3.03. The minimum absolute atomic E-state index is 0.0925. The summed E-state index contributed by atoms with van der Waals surface area (Å²) < 4.78 is 50.8. The largest absolute Gasteiger partial charge is 0.433 e. The van der Waals surface area contributed by atoms with Crippen molar-refractivity contribution in [2.24, 2.45) is 0 Å². The molecule has 0 aliphatic rings. The van der Waals surface area contributed by atoms with Gasteiger partial charge in [-0.2, -0.15) is 13.2 Å². The number of hydrogen-bond acceptors (Lipinski definition) is 4. The molecule has 4 nitrogen and oxygen atoms in total. The first-order valence-corrected chi connectivity index (χ1v) is 6.42. The van der Waals surface area contributed by atoms with Crippen LogP contribution in [0.3, 0.4) is 0 Å². The maximum absolute atomic E-state index is 13.3. The summed E-state index contributed by atoms with van der Waals surface area (Å²) >= 11 is 5.52. The summed E-state index contributed by atoms with van der Waals surface area (Å²) in [6.07, 6.45) is -4.80. The maximum Gasteiger partial charge on any atom is 0.433 e. The first kappa shape index (κ1) is 16.4. The number of anilines is 1. The van der Waals surface area contributed by atoms with E-state index in [1.165, 1.54) is 12.1 Å². The Morgan fingerprint density at radius 1 is 1.27 bits per heavy atom. The van der Waals surface area contributed by atoms with Crippen molar-refractivity contribution in [3.05, 3.63) is 52.6 Å². The van der Waals surface area contributed by atoms with Gasteiger partial charge in [-0.3, -0.25) is 0 Å². The number of rotatable bonds is 4. The fourth-order valence-corrected chi connectivity index (χ4v) is 1.74. The third kappa shape index (κ3) is 4.05. The second-order valence-electron chi connectivity index (χ2n) is 4.33. The van der Waals surface area contributed by atoms with Gasteiger partial charge in [-0.1, -0.05) is 17.7 Å². The van der Waals surface area contributed by atoms with E-state index in [1.807, 2.05) is 0 Å². The van der Waals surface area contributed by atoms with Crippen LogP contribution in [0.4, 0.5) is 23.5 Å². The van der Waals surface area contributed by atoms with Crippen LogP contribution in [0, 0.1) is 5.82 Å². The van der Waals surface area contributed by atoms with Gasteiger partial charge in [0.05, 0.1) is 11.1 Å². The lowest BCUT2D eigenvalue weighted by atomic mass is 10.1. The Hall–Kier alpha value is -1.93. The number of nitrogens with one attached hydrogen (secondary N) is 1. The summed E-state index contributed by atoms with van der Waals surface area (Å²) in [5.41, 5.74) is -0.876. The van der Waals surface area contributed by atoms with E-state index in [9.17, 15) is 22.7 Å². The minimum atomic E-state index is -4.59. The fourth-order valence-electron chi connectivity index (χ4n) is 1.63. The van der Waals surface area contributed by atoms with Crippen LogP contribution in [-0.2, 0) is 6.18 Å². The van der Waals surface area contributed by atoms with Crippen LogP contribution in [-0.4, -0.2) is 21.6 Å². The Kier molecular flexibility index (Phi) is 4.82. The van der Waals surface area contributed by atoms with Crippen LogP contribution in [0.2, 0.25) is 5.02 Å². The summed E-state index contributed by atoms with van der Waals surface area (Å²) in [6.45, 7) is -0.192. The third-order valence-electron chi connectivity index (χ3n) is 2.73. The zero-order valence-corrected chi connectivity index (χ0v) is 11.7. The van der Waals surface area contributed by atoms with Crippen LogP contribution in [0.5, 0.6) is 0 Å². The highest BCUT2D eigenvalue weighted by Gasteiger charge is 2.32. The van der Waals surface area contributed by atoms with Crippen molar-refractivity contribution in [2.75, 3.05) is 11.9 Å². The summed E-state index contributed by atoms with van der Waals surface area (Å²) in [5, 5.41) is 12.2. The van der Waals surface area contributed by atoms with Gasteiger partial charge >= 0.3 is 6.18 Å². The molecule has 0 spiro atoms. The Balaban J connectivity index is 2.04. The van der Waals surface area contributed by atoms with E-state index in [1.54, 1.807) is 0 Å². The van der Waals surface area contributed by atoms with E-state index in [2.05, 4.69) is 15.3 Å². The molecule has 2 rings (SSSR count). The van der Waals surface area contributed by atoms with Gasteiger partial charge in [-0.05, 0) is 23.8 Å². The zero-order chi connectivity index (χ0) is 16.3. The first-order valence-electron chi connectivity index (χ1n) is 6.04. The molecule has 22 heavy (non-hydrogen) atoms. The van der Waals surface area contributed by atoms with Crippen molar-refractivity contribution in [3.63, 3.8) is 0 Å². The molecule has 0 aliphatic carbocycles. The highest BCUT2D eigenvalue weighted by Crippen LogP contribution is 2.27. The normalized spacial score (nSPS) is 13.0. The van der Waals surface area contributed by atoms with Crippen molar-refractivity contribution in [1.82, 2.24) is 9.97 Å². The van der Waals surface area contributed by atoms with Gasteiger partial charge in [0.15, 0.2) is 0 Å². The van der Waals surface area contributed by atoms with Crippen LogP contribution >= 0.6 is 11.6 Å². The predicted molar refractivity (Wildman–Crippen MR) is 71.9 cm³/mol. The van der Waals surface area contributed by atoms with Crippen LogP contribution in [0.1, 0.15) is 17.4 Å². The lowest BCUT2D eigenvalue weighted by molar-refractivity contribution is -0.141. The Bertz CT molecular complexity index is 666. The lowest BCUT2D eigenvalue weighted by Crippen LogP contribution is -2.16. The average molecular weight is 336 g/mol. The zero-order valence-electron chi connectivity index (χ0n) is 10.9. The van der Waals surface area contributed by atoms with E-state index < -0.39 is 23.8 Å². The number of alkyl halides is 3. The Morgan fingerprint density at radius 3 is 2.64 bits per heavy atom. The SMILES string of the molecule is OC(CNc1nccc(C(F)(F)F)n1)c1ccc(Cl)c(F)c1. The molecule has 9 heteroatoms. The predicted octanol–water partition coefficient (Wildman–Crippen LogP) is 3.43. The molecular weight excluding hydrogens is 326 g/mol. The summed E-state index contributed by atoms with van der Waals surface area (Å²) in [4.78, 5) is 6.91. The highest BCUT2D eigenvalue weighted by molar-refractivity contribution is 6.30. The molecular formula is C13H10ClF4N3O. The summed E-state index contributed by atoms with van der Waals surface area (Å²) in [6, 6.07) is 4.46. The van der Waals surface area contributed by atoms with Crippen molar-refractivity contribution in [3.8, 4) is 0 Å². The number of hydrogen-bond donors (Lipinski definition) is 2. The van der Waals surface area contributed by atoms with Gasteiger partial charge in [-0.15, -0.1) is 0 Å². The van der Waals surface area contributed by atoms with Gasteiger partial charge in [0.25, 0.3) is 0 Å². The molecule has 2 aromatic rings. The molecule has 1 atom stereocenters. The van der Waals surface area contributed by atoms with E-state index in [-0.39, 0.29) is 23.1 Å². The van der Waals surface area contributed by atoms with Gasteiger partial charge in [0.1, 0.15) is 11.5 Å². The van der Waals surface area contributed by atoms with Gasteiger partial charge in [0.2, 0.25) is 5.95 Å². The molecule has 1 unspecified atom stereocenters. The fraction of sp³-hybridized carbons (Fsp3) is 0.231. The summed E-state index contributed by atoms with van der Waals surface area (Å²) in [7, 11) is 0. The highest BCUT2D eigenvalue weighted by atomic mass is 35.5. The number of aliphatic hydroxyl groups excluding tert-OH is 1. The van der Waals surface area contributed by atoms with E-state index in [0.29, 0.717) is 0 Å². The molecule has 2 N–H and O–H groups in total. The Labute approximate surface area is 127 Å². The minimum Gasteiger partial charge on any atom is -0.387 e. The van der Waals surface area contributed by atoms with Gasteiger partial charge in [0, 0.05) is 12.7 Å². The van der Waals surface area contributed by atoms with Gasteiger partial charge in [-0.25, -0.2) is 14.4 Å². The molecule has 0 fully saturated rings. The first-order chi connectivity index (χ1) is 10.3. The molecule has 1 aromatic carbocycles. The van der Waals surface area contributed by atoms with Crippen LogP contribution < -0.4 is 5.32 Å². The standard InChI is InChI=1S/C13H10ClF4N3O/c14-8-2-1-7(5-9(8)15)10(22)6-20-12-19-4-3-11(21-12)13(16,17)18/h1-5,10,22H,6H2,(H,19,20,21). The topological polar surface area (TPSA) is 58.0 Å². The van der Waals surface area contributed by atoms with E-state index in [4.69, 9.17) is 11.6 Å². The second-order valence-corrected chi connectivity index (χ2v) is 4.74. The monoisotopic (exact) mass is 335 g/mol. The summed E-state index contributed by atoms with van der Waals surface area (Å²) in [5.74, 6) is -0.989. The average Bonchev–Trinajstić information content (AvgIpc) is 2.47. The molecule has 1 aromatic heterocycles. The number of nitrogens with zero attached hydrogens (tertiary/aromatic N) is 2. The maximum atomic E-state index is 13.3. The van der Waals surface area contributed by atoms with Crippen molar-refractivity contribution < 1.29 is 22.7 Å². The number of aromatic nitrogens is 2. The number of aliphatic hydroxyl groups is 1. The molecule has 0 radical (unpaired) electrons. The van der Waals surface area contributed by atoms with Crippen molar-refractivity contribution in [2.45, 2.75) is 12.3 Å². The van der Waals surface area contributed by atoms with Crippen LogP contribution in [0.15, 0.2) is 30.5 Å². The lowest BCUT2D eigenvalue weighted by Gasteiger charge is -2.13. The van der Waals surface area contributed by atoms with Crippen molar-refractivity contribution in [1.29, 1.82) is 0 Å².